The van der Waals surface area contributed by atoms with Crippen LogP contribution in [0.15, 0.2) is 17.4 Å². The van der Waals surface area contributed by atoms with Gasteiger partial charge in [-0.15, -0.1) is 0 Å². The number of rotatable bonds is 7. The molecule has 0 fully saturated rings. The summed E-state index contributed by atoms with van der Waals surface area (Å²) in [5.41, 5.74) is 5.66. The minimum Gasteiger partial charge on any atom is -0.370 e. The van der Waals surface area contributed by atoms with Gasteiger partial charge in [0, 0.05) is 13.1 Å². The van der Waals surface area contributed by atoms with Crippen LogP contribution >= 0.6 is 0 Å². The predicted molar refractivity (Wildman–Crippen MR) is 72.8 cm³/mol. The maximum Gasteiger partial charge on any atom is 0.306 e. The van der Waals surface area contributed by atoms with E-state index < -0.39 is 4.92 Å². The molecule has 0 aromatic carbocycles. The molecule has 0 atom stereocenters. The second-order valence-electron chi connectivity index (χ2n) is 4.59. The number of hydrogen-bond acceptors (Lipinski definition) is 4. The molecule has 106 valence electrons. The smallest absolute Gasteiger partial charge is 0.306 e. The van der Waals surface area contributed by atoms with Crippen molar-refractivity contribution >= 4 is 11.6 Å². The third-order valence-electron chi connectivity index (χ3n) is 2.47. The normalized spacial score (nSPS) is 11.8. The molecule has 0 unspecified atom stereocenters. The van der Waals surface area contributed by atoms with Crippen LogP contribution in [0.1, 0.15) is 20.3 Å². The van der Waals surface area contributed by atoms with Crippen molar-refractivity contribution in [2.24, 2.45) is 16.6 Å². The quantitative estimate of drug-likeness (QED) is 0.328. The zero-order valence-corrected chi connectivity index (χ0v) is 11.2. The fourth-order valence-corrected chi connectivity index (χ4v) is 1.37. The summed E-state index contributed by atoms with van der Waals surface area (Å²) in [6.45, 7) is 5.97. The van der Waals surface area contributed by atoms with Crippen LogP contribution in [0.5, 0.6) is 0 Å². The van der Waals surface area contributed by atoms with E-state index in [0.717, 1.165) is 6.42 Å². The Morgan fingerprint density at radius 3 is 3.00 bits per heavy atom. The van der Waals surface area contributed by atoms with E-state index in [1.165, 1.54) is 17.1 Å². The van der Waals surface area contributed by atoms with Crippen LogP contribution < -0.4 is 11.1 Å². The molecule has 1 aromatic heterocycles. The molecule has 1 aromatic rings. The summed E-state index contributed by atoms with van der Waals surface area (Å²) < 4.78 is 1.49. The summed E-state index contributed by atoms with van der Waals surface area (Å²) in [4.78, 5) is 14.2. The average molecular weight is 268 g/mol. The van der Waals surface area contributed by atoms with Crippen molar-refractivity contribution in [2.75, 3.05) is 13.1 Å². The van der Waals surface area contributed by atoms with Gasteiger partial charge in [0.15, 0.2) is 5.96 Å². The minimum absolute atomic E-state index is 0.0152. The molecule has 0 amide bonds. The van der Waals surface area contributed by atoms with Gasteiger partial charge >= 0.3 is 5.69 Å². The van der Waals surface area contributed by atoms with Crippen LogP contribution in [0.4, 0.5) is 5.69 Å². The molecule has 0 aliphatic carbocycles. The standard InChI is InChI=1S/C11H20N6O2/c1-9(2)3-4-13-11(12)14-5-6-16-8-10(7-15-16)17(18)19/h7-9H,3-6H2,1-2H3,(H3,12,13,14). The Morgan fingerprint density at radius 1 is 1.68 bits per heavy atom. The van der Waals surface area contributed by atoms with E-state index in [1.54, 1.807) is 0 Å². The van der Waals surface area contributed by atoms with E-state index in [1.807, 2.05) is 0 Å². The first-order valence-electron chi connectivity index (χ1n) is 6.19. The third kappa shape index (κ3) is 5.84. The molecule has 0 bridgehead atoms. The first kappa shape index (κ1) is 14.9. The second kappa shape index (κ2) is 7.34. The Balaban J connectivity index is 2.27. The molecule has 0 radical (unpaired) electrons. The van der Waals surface area contributed by atoms with E-state index in [4.69, 9.17) is 5.73 Å². The summed E-state index contributed by atoms with van der Waals surface area (Å²) in [5.74, 6) is 0.989. The van der Waals surface area contributed by atoms with Gasteiger partial charge in [0.25, 0.3) is 0 Å². The second-order valence-corrected chi connectivity index (χ2v) is 4.59. The van der Waals surface area contributed by atoms with Gasteiger partial charge in [-0.1, -0.05) is 13.8 Å². The molecule has 0 spiro atoms. The van der Waals surface area contributed by atoms with E-state index in [2.05, 4.69) is 29.3 Å². The molecular formula is C11H20N6O2. The van der Waals surface area contributed by atoms with Crippen molar-refractivity contribution in [3.05, 3.63) is 22.5 Å². The number of guanidine groups is 1. The number of nitro groups is 1. The fourth-order valence-electron chi connectivity index (χ4n) is 1.37. The first-order chi connectivity index (χ1) is 8.99. The zero-order valence-electron chi connectivity index (χ0n) is 11.2. The molecule has 0 saturated heterocycles. The largest absolute Gasteiger partial charge is 0.370 e. The zero-order chi connectivity index (χ0) is 14.3. The van der Waals surface area contributed by atoms with Crippen LogP contribution in [0.2, 0.25) is 0 Å². The fraction of sp³-hybridized carbons (Fsp3) is 0.636. The topological polar surface area (TPSA) is 111 Å². The van der Waals surface area contributed by atoms with Crippen LogP contribution in [0.25, 0.3) is 0 Å². The molecule has 8 nitrogen and oxygen atoms in total. The third-order valence-corrected chi connectivity index (χ3v) is 2.47. The van der Waals surface area contributed by atoms with E-state index in [0.29, 0.717) is 31.5 Å². The Labute approximate surface area is 111 Å². The van der Waals surface area contributed by atoms with Crippen molar-refractivity contribution in [3.63, 3.8) is 0 Å². The lowest BCUT2D eigenvalue weighted by molar-refractivity contribution is -0.385. The number of aliphatic imine (C=N–C) groups is 1. The van der Waals surface area contributed by atoms with E-state index >= 15 is 0 Å². The van der Waals surface area contributed by atoms with Gasteiger partial charge in [-0.2, -0.15) is 5.10 Å². The lowest BCUT2D eigenvalue weighted by Crippen LogP contribution is -2.34. The molecule has 0 saturated carbocycles. The van der Waals surface area contributed by atoms with Crippen molar-refractivity contribution in [2.45, 2.75) is 26.8 Å². The summed E-state index contributed by atoms with van der Waals surface area (Å²) in [5, 5.41) is 17.3. The lowest BCUT2D eigenvalue weighted by atomic mass is 10.1. The lowest BCUT2D eigenvalue weighted by Gasteiger charge is -2.06. The van der Waals surface area contributed by atoms with Gasteiger partial charge in [-0.3, -0.25) is 19.8 Å². The number of hydrogen-bond donors (Lipinski definition) is 2. The molecule has 0 aliphatic heterocycles. The Bertz CT molecular complexity index is 440. The monoisotopic (exact) mass is 268 g/mol. The highest BCUT2D eigenvalue weighted by Gasteiger charge is 2.07. The summed E-state index contributed by atoms with van der Waals surface area (Å²) in [6.07, 6.45) is 3.60. The minimum atomic E-state index is -0.474. The maximum absolute atomic E-state index is 10.5. The molecule has 19 heavy (non-hydrogen) atoms. The Kier molecular flexibility index (Phi) is 5.77. The van der Waals surface area contributed by atoms with Crippen molar-refractivity contribution in [1.82, 2.24) is 15.1 Å². The van der Waals surface area contributed by atoms with Gasteiger partial charge in [-0.05, 0) is 12.3 Å². The number of nitrogens with two attached hydrogens (primary N) is 1. The van der Waals surface area contributed by atoms with Crippen LogP contribution in [0, 0.1) is 16.0 Å². The molecule has 1 heterocycles. The number of nitrogens with one attached hydrogen (secondary N) is 1. The predicted octanol–water partition coefficient (Wildman–Crippen LogP) is 0.742. The summed E-state index contributed by atoms with van der Waals surface area (Å²) in [6, 6.07) is 0. The van der Waals surface area contributed by atoms with Gasteiger partial charge in [0.2, 0.25) is 0 Å². The highest BCUT2D eigenvalue weighted by Crippen LogP contribution is 2.06. The van der Waals surface area contributed by atoms with Gasteiger partial charge in [0.1, 0.15) is 12.4 Å². The maximum atomic E-state index is 10.5. The summed E-state index contributed by atoms with van der Waals surface area (Å²) >= 11 is 0. The van der Waals surface area contributed by atoms with Gasteiger partial charge in [-0.25, -0.2) is 0 Å². The van der Waals surface area contributed by atoms with Crippen molar-refractivity contribution < 1.29 is 4.92 Å². The Morgan fingerprint density at radius 2 is 2.42 bits per heavy atom. The Hall–Kier alpha value is -2.12. The number of nitrogens with zero attached hydrogens (tertiary/aromatic N) is 4. The highest BCUT2D eigenvalue weighted by molar-refractivity contribution is 5.77. The SMILES string of the molecule is CC(C)CCN=C(N)NCCn1cc([N+](=O)[O-])cn1. The van der Waals surface area contributed by atoms with Gasteiger partial charge in [0.05, 0.1) is 11.5 Å². The van der Waals surface area contributed by atoms with Crippen molar-refractivity contribution in [1.29, 1.82) is 0 Å². The van der Waals surface area contributed by atoms with E-state index in [9.17, 15) is 10.1 Å². The molecule has 3 N–H and O–H groups in total. The van der Waals surface area contributed by atoms with Crippen molar-refractivity contribution in [3.8, 4) is 0 Å². The molecular weight excluding hydrogens is 248 g/mol. The first-order valence-corrected chi connectivity index (χ1v) is 6.19. The van der Waals surface area contributed by atoms with Crippen LogP contribution in [-0.2, 0) is 6.54 Å². The number of aromatic nitrogens is 2. The summed E-state index contributed by atoms with van der Waals surface area (Å²) in [7, 11) is 0. The van der Waals surface area contributed by atoms with Gasteiger partial charge < -0.3 is 11.1 Å². The van der Waals surface area contributed by atoms with Crippen LogP contribution in [0.3, 0.4) is 0 Å². The van der Waals surface area contributed by atoms with E-state index in [-0.39, 0.29) is 5.69 Å². The molecule has 0 aliphatic rings. The molecule has 8 heteroatoms. The van der Waals surface area contributed by atoms with Crippen LogP contribution in [-0.4, -0.2) is 33.8 Å². The average Bonchev–Trinajstić information content (AvgIpc) is 2.77. The highest BCUT2D eigenvalue weighted by atomic mass is 16.6. The molecule has 1 rings (SSSR count).